The number of hydrogen-bond donors (Lipinski definition) is 1. The van der Waals surface area contributed by atoms with E-state index >= 15 is 0 Å². The maximum Gasteiger partial charge on any atom is 0.131 e. The van der Waals surface area contributed by atoms with Crippen molar-refractivity contribution in [1.82, 2.24) is 9.55 Å². The van der Waals surface area contributed by atoms with Crippen LogP contribution >= 0.6 is 12.6 Å². The summed E-state index contributed by atoms with van der Waals surface area (Å²) >= 11 is 4.28. The second-order valence-electron chi connectivity index (χ2n) is 4.14. The number of ether oxygens (including phenoxy) is 1. The zero-order chi connectivity index (χ0) is 13.1. The van der Waals surface area contributed by atoms with Gasteiger partial charge in [0.2, 0.25) is 0 Å². The molecule has 1 aromatic heterocycles. The van der Waals surface area contributed by atoms with Crippen LogP contribution in [-0.2, 0) is 17.1 Å². The van der Waals surface area contributed by atoms with Gasteiger partial charge >= 0.3 is 0 Å². The van der Waals surface area contributed by atoms with E-state index in [0.29, 0.717) is 18.7 Å². The second-order valence-corrected chi connectivity index (χ2v) is 4.46. The van der Waals surface area contributed by atoms with Crippen LogP contribution in [0.1, 0.15) is 19.2 Å². The van der Waals surface area contributed by atoms with Crippen LogP contribution in [0.25, 0.3) is 11.0 Å². The average Bonchev–Trinajstić information content (AvgIpc) is 2.72. The molecule has 0 aliphatic heterocycles. The van der Waals surface area contributed by atoms with E-state index in [1.54, 1.807) is 14.0 Å². The molecule has 0 spiro atoms. The molecule has 0 amide bonds. The molecule has 1 heterocycles. The van der Waals surface area contributed by atoms with Gasteiger partial charge in [-0.25, -0.2) is 4.98 Å². The summed E-state index contributed by atoms with van der Waals surface area (Å²) in [6, 6.07) is 5.76. The van der Waals surface area contributed by atoms with E-state index in [1.807, 2.05) is 22.8 Å². The summed E-state index contributed by atoms with van der Waals surface area (Å²) in [7, 11) is 1.63. The predicted molar refractivity (Wildman–Crippen MR) is 74.3 cm³/mol. The number of imidazole rings is 1. The first-order valence-electron chi connectivity index (χ1n) is 5.79. The summed E-state index contributed by atoms with van der Waals surface area (Å²) in [5.41, 5.74) is 1.89. The molecule has 1 aromatic carbocycles. The van der Waals surface area contributed by atoms with Crippen LogP contribution in [-0.4, -0.2) is 22.4 Å². The Kier molecular flexibility index (Phi) is 3.91. The van der Waals surface area contributed by atoms with Crippen LogP contribution < -0.4 is 4.74 Å². The van der Waals surface area contributed by atoms with Crippen LogP contribution in [0.5, 0.6) is 5.75 Å². The number of thiol groups is 1. The summed E-state index contributed by atoms with van der Waals surface area (Å²) in [6.07, 6.45) is 0.512. The maximum absolute atomic E-state index is 11.1. The highest BCUT2D eigenvalue weighted by atomic mass is 32.1. The Morgan fingerprint density at radius 2 is 2.28 bits per heavy atom. The van der Waals surface area contributed by atoms with Gasteiger partial charge in [0.25, 0.3) is 0 Å². The molecule has 0 radical (unpaired) electrons. The molecule has 18 heavy (non-hydrogen) atoms. The molecule has 4 nitrogen and oxygen atoms in total. The lowest BCUT2D eigenvalue weighted by atomic mass is 10.2. The number of aromatic nitrogens is 2. The fraction of sp³-hybridized carbons (Fsp3) is 0.385. The summed E-state index contributed by atoms with van der Waals surface area (Å²) in [6.45, 7) is 2.25. The number of carbonyl (C=O) groups excluding carboxylic acids is 1. The predicted octanol–water partition coefficient (Wildman–Crippen LogP) is 2.45. The first-order valence-corrected chi connectivity index (χ1v) is 6.42. The zero-order valence-corrected chi connectivity index (χ0v) is 11.4. The summed E-state index contributed by atoms with van der Waals surface area (Å²) in [4.78, 5) is 15.6. The van der Waals surface area contributed by atoms with Gasteiger partial charge in [0.1, 0.15) is 17.4 Å². The van der Waals surface area contributed by atoms with E-state index in [1.165, 1.54) is 0 Å². The van der Waals surface area contributed by atoms with Gasteiger partial charge in [0, 0.05) is 24.8 Å². The van der Waals surface area contributed by atoms with E-state index in [4.69, 9.17) is 4.74 Å². The molecule has 5 heteroatoms. The molecule has 0 N–H and O–H groups in total. The number of ketones is 1. The average molecular weight is 264 g/mol. The van der Waals surface area contributed by atoms with Gasteiger partial charge in [-0.2, -0.15) is 12.6 Å². The lowest BCUT2D eigenvalue weighted by Crippen LogP contribution is -2.05. The summed E-state index contributed by atoms with van der Waals surface area (Å²) < 4.78 is 7.23. The molecule has 0 aliphatic rings. The van der Waals surface area contributed by atoms with E-state index in [0.717, 1.165) is 22.6 Å². The number of aryl methyl sites for hydroxylation is 1. The molecule has 0 saturated carbocycles. The summed E-state index contributed by atoms with van der Waals surface area (Å²) in [5, 5.41) is 0. The molecule has 2 rings (SSSR count). The van der Waals surface area contributed by atoms with Crippen molar-refractivity contribution in [2.24, 2.45) is 0 Å². The molecule has 0 saturated heterocycles. The van der Waals surface area contributed by atoms with Crippen molar-refractivity contribution in [3.8, 4) is 5.75 Å². The number of fused-ring (bicyclic) bond motifs is 1. The van der Waals surface area contributed by atoms with Crippen molar-refractivity contribution in [3.05, 3.63) is 24.0 Å². The number of Topliss-reactive ketones (excluding diaryl/α,β-unsaturated/α-hetero) is 1. The largest absolute Gasteiger partial charge is 0.497 e. The summed E-state index contributed by atoms with van der Waals surface area (Å²) in [5.74, 6) is 2.39. The fourth-order valence-corrected chi connectivity index (χ4v) is 2.17. The third-order valence-electron chi connectivity index (χ3n) is 2.86. The highest BCUT2D eigenvalue weighted by molar-refractivity contribution is 7.79. The Labute approximate surface area is 111 Å². The van der Waals surface area contributed by atoms with Crippen molar-refractivity contribution >= 4 is 29.4 Å². The van der Waals surface area contributed by atoms with E-state index in [2.05, 4.69) is 17.6 Å². The van der Waals surface area contributed by atoms with Gasteiger partial charge in [-0.15, -0.1) is 0 Å². The van der Waals surface area contributed by atoms with E-state index in [-0.39, 0.29) is 5.78 Å². The Bertz CT molecular complexity index is 578. The minimum absolute atomic E-state index is 0.176. The first-order chi connectivity index (χ1) is 8.65. The lowest BCUT2D eigenvalue weighted by Gasteiger charge is -2.06. The molecule has 0 fully saturated rings. The van der Waals surface area contributed by atoms with Crippen molar-refractivity contribution < 1.29 is 9.53 Å². The standard InChI is InChI=1S/C13H16N2O2S/c1-9(16)5-6-15-12-4-3-10(17-2)7-11(12)14-13(15)8-18/h3-4,7,18H,5-6,8H2,1-2H3. The van der Waals surface area contributed by atoms with Gasteiger partial charge in [-0.05, 0) is 19.1 Å². The van der Waals surface area contributed by atoms with Crippen LogP contribution in [0.2, 0.25) is 0 Å². The lowest BCUT2D eigenvalue weighted by molar-refractivity contribution is -0.117. The van der Waals surface area contributed by atoms with Gasteiger partial charge in [0.05, 0.1) is 18.1 Å². The highest BCUT2D eigenvalue weighted by Gasteiger charge is 2.10. The number of carbonyl (C=O) groups is 1. The van der Waals surface area contributed by atoms with Gasteiger partial charge in [-0.3, -0.25) is 4.79 Å². The van der Waals surface area contributed by atoms with Gasteiger partial charge in [0.15, 0.2) is 0 Å². The van der Waals surface area contributed by atoms with Crippen molar-refractivity contribution in [2.75, 3.05) is 7.11 Å². The quantitative estimate of drug-likeness (QED) is 0.844. The maximum atomic E-state index is 11.1. The molecule has 96 valence electrons. The van der Waals surface area contributed by atoms with E-state index in [9.17, 15) is 4.79 Å². The Balaban J connectivity index is 2.45. The third-order valence-corrected chi connectivity index (χ3v) is 3.15. The van der Waals surface area contributed by atoms with Crippen LogP contribution in [0.4, 0.5) is 0 Å². The molecule has 0 aliphatic carbocycles. The van der Waals surface area contributed by atoms with E-state index < -0.39 is 0 Å². The van der Waals surface area contributed by atoms with Crippen molar-refractivity contribution in [3.63, 3.8) is 0 Å². The number of benzene rings is 1. The van der Waals surface area contributed by atoms with Crippen molar-refractivity contribution in [1.29, 1.82) is 0 Å². The SMILES string of the molecule is COc1ccc2c(c1)nc(CS)n2CCC(C)=O. The Hall–Kier alpha value is -1.49. The highest BCUT2D eigenvalue weighted by Crippen LogP contribution is 2.22. The molecule has 0 atom stereocenters. The van der Waals surface area contributed by atoms with Crippen LogP contribution in [0.15, 0.2) is 18.2 Å². The smallest absolute Gasteiger partial charge is 0.131 e. The van der Waals surface area contributed by atoms with Gasteiger partial charge < -0.3 is 9.30 Å². The fourth-order valence-electron chi connectivity index (χ4n) is 1.93. The number of nitrogens with zero attached hydrogens (tertiary/aromatic N) is 2. The van der Waals surface area contributed by atoms with Crippen molar-refractivity contribution in [2.45, 2.75) is 25.6 Å². The molecular formula is C13H16N2O2S. The van der Waals surface area contributed by atoms with Gasteiger partial charge in [-0.1, -0.05) is 0 Å². The minimum atomic E-state index is 0.176. The minimum Gasteiger partial charge on any atom is -0.497 e. The van der Waals surface area contributed by atoms with Crippen LogP contribution in [0, 0.1) is 0 Å². The Morgan fingerprint density at radius 3 is 2.89 bits per heavy atom. The molecule has 0 unspecified atom stereocenters. The monoisotopic (exact) mass is 264 g/mol. The third kappa shape index (κ3) is 2.51. The topological polar surface area (TPSA) is 44.1 Å². The first kappa shape index (κ1) is 13.0. The Morgan fingerprint density at radius 1 is 1.50 bits per heavy atom. The number of rotatable bonds is 5. The number of methoxy groups -OCH3 is 1. The van der Waals surface area contributed by atoms with Crippen LogP contribution in [0.3, 0.4) is 0 Å². The number of hydrogen-bond acceptors (Lipinski definition) is 4. The normalized spacial score (nSPS) is 10.8. The second kappa shape index (κ2) is 5.44. The molecule has 2 aromatic rings. The zero-order valence-electron chi connectivity index (χ0n) is 10.5. The molecular weight excluding hydrogens is 248 g/mol. The molecule has 0 bridgehead atoms.